The monoisotopic (exact) mass is 464 g/mol. The minimum Gasteiger partial charge on any atom is -0.381 e. The van der Waals surface area contributed by atoms with Gasteiger partial charge in [-0.3, -0.25) is 9.69 Å². The summed E-state index contributed by atoms with van der Waals surface area (Å²) in [7, 11) is -3.73. The summed E-state index contributed by atoms with van der Waals surface area (Å²) in [6, 6.07) is 9.76. The maximum atomic E-state index is 13.7. The van der Waals surface area contributed by atoms with Crippen molar-refractivity contribution < 1.29 is 17.9 Å². The van der Waals surface area contributed by atoms with Gasteiger partial charge in [0.15, 0.2) is 9.84 Å². The van der Waals surface area contributed by atoms with Crippen LogP contribution in [0.3, 0.4) is 0 Å². The molecule has 1 saturated heterocycles. The first-order chi connectivity index (χ1) is 14.5. The third kappa shape index (κ3) is 4.49. The first-order valence-corrected chi connectivity index (χ1v) is 12.3. The molecule has 0 radical (unpaired) electrons. The molecular formula is C23H29ClN2O4S. The van der Waals surface area contributed by atoms with Gasteiger partial charge in [0.1, 0.15) is 10.6 Å². The van der Waals surface area contributed by atoms with Crippen LogP contribution in [0.5, 0.6) is 0 Å². The van der Waals surface area contributed by atoms with Gasteiger partial charge < -0.3 is 4.74 Å². The third-order valence-electron chi connectivity index (χ3n) is 5.69. The van der Waals surface area contributed by atoms with Crippen molar-refractivity contribution in [3.63, 3.8) is 0 Å². The zero-order valence-corrected chi connectivity index (χ0v) is 20.0. The Hall–Kier alpha value is -1.96. The molecule has 2 aromatic rings. The SMILES string of the molecule is CCN(C(=O)C(C)(C)C)c1ccc(C2(S(=O)(=O)c3ccc(Cl)cc3)CCOCC2)cn1. The number of sulfone groups is 1. The molecule has 1 aromatic carbocycles. The zero-order valence-electron chi connectivity index (χ0n) is 18.4. The standard InChI is InChI=1S/C23H29ClN2O4S/c1-5-26(21(27)22(2,3)4)20-11-6-17(16-25-20)23(12-14-30-15-13-23)31(28,29)19-9-7-18(24)8-10-19/h6-11,16H,5,12-15H2,1-4H3. The van der Waals surface area contributed by atoms with Crippen molar-refractivity contribution in [1.29, 1.82) is 0 Å². The fourth-order valence-corrected chi connectivity index (χ4v) is 6.09. The van der Waals surface area contributed by atoms with Crippen LogP contribution in [0.25, 0.3) is 0 Å². The number of halogens is 1. The molecule has 0 atom stereocenters. The molecule has 0 bridgehead atoms. The van der Waals surface area contributed by atoms with Gasteiger partial charge in [-0.25, -0.2) is 13.4 Å². The molecule has 2 heterocycles. The number of hydrogen-bond donors (Lipinski definition) is 0. The van der Waals surface area contributed by atoms with Crippen LogP contribution in [-0.4, -0.2) is 39.1 Å². The summed E-state index contributed by atoms with van der Waals surface area (Å²) in [5.74, 6) is 0.474. The van der Waals surface area contributed by atoms with E-state index in [0.29, 0.717) is 49.0 Å². The van der Waals surface area contributed by atoms with Crippen LogP contribution in [-0.2, 0) is 24.1 Å². The average molecular weight is 465 g/mol. The highest BCUT2D eigenvalue weighted by Crippen LogP contribution is 2.44. The first-order valence-electron chi connectivity index (χ1n) is 10.4. The summed E-state index contributed by atoms with van der Waals surface area (Å²) < 4.78 is 31.8. The van der Waals surface area contributed by atoms with E-state index in [0.717, 1.165) is 0 Å². The van der Waals surface area contributed by atoms with E-state index < -0.39 is 20.0 Å². The second kappa shape index (κ2) is 8.88. The van der Waals surface area contributed by atoms with Crippen LogP contribution in [0.15, 0.2) is 47.5 Å². The summed E-state index contributed by atoms with van der Waals surface area (Å²) >= 11 is 5.96. The summed E-state index contributed by atoms with van der Waals surface area (Å²) in [6.45, 7) is 8.65. The maximum absolute atomic E-state index is 13.7. The van der Waals surface area contributed by atoms with Crippen molar-refractivity contribution in [2.45, 2.75) is 50.2 Å². The molecule has 0 N–H and O–H groups in total. The number of carbonyl (C=O) groups excluding carboxylic acids is 1. The van der Waals surface area contributed by atoms with Gasteiger partial charge in [0.2, 0.25) is 5.91 Å². The van der Waals surface area contributed by atoms with E-state index in [9.17, 15) is 13.2 Å². The number of carbonyl (C=O) groups is 1. The summed E-state index contributed by atoms with van der Waals surface area (Å²) in [5, 5.41) is 0.481. The average Bonchev–Trinajstić information content (AvgIpc) is 2.75. The molecule has 0 aliphatic carbocycles. The lowest BCUT2D eigenvalue weighted by Crippen LogP contribution is -2.42. The predicted octanol–water partition coefficient (Wildman–Crippen LogP) is 4.61. The second-order valence-corrected chi connectivity index (χ2v) is 11.5. The molecule has 31 heavy (non-hydrogen) atoms. The van der Waals surface area contributed by atoms with Gasteiger partial charge in [-0.15, -0.1) is 0 Å². The first kappa shape index (κ1) is 23.7. The van der Waals surface area contributed by atoms with E-state index in [1.807, 2.05) is 27.7 Å². The molecule has 0 unspecified atom stereocenters. The Kier molecular flexibility index (Phi) is 6.79. The minimum absolute atomic E-state index is 0.0372. The Morgan fingerprint density at radius 3 is 2.23 bits per heavy atom. The lowest BCUT2D eigenvalue weighted by molar-refractivity contribution is -0.125. The predicted molar refractivity (Wildman–Crippen MR) is 122 cm³/mol. The van der Waals surface area contributed by atoms with Crippen LogP contribution in [0.2, 0.25) is 5.02 Å². The highest BCUT2D eigenvalue weighted by atomic mass is 35.5. The van der Waals surface area contributed by atoms with E-state index in [-0.39, 0.29) is 10.8 Å². The van der Waals surface area contributed by atoms with E-state index in [4.69, 9.17) is 16.3 Å². The number of rotatable bonds is 5. The molecule has 0 saturated carbocycles. The molecule has 1 aliphatic heterocycles. The van der Waals surface area contributed by atoms with Crippen LogP contribution >= 0.6 is 11.6 Å². The Balaban J connectivity index is 2.04. The largest absolute Gasteiger partial charge is 0.381 e. The number of anilines is 1. The number of aromatic nitrogens is 1. The minimum atomic E-state index is -3.73. The molecule has 3 rings (SSSR count). The fourth-order valence-electron chi connectivity index (χ4n) is 3.88. The fraction of sp³-hybridized carbons (Fsp3) is 0.478. The van der Waals surface area contributed by atoms with Crippen LogP contribution in [0, 0.1) is 5.41 Å². The van der Waals surface area contributed by atoms with Crippen molar-refractivity contribution >= 4 is 33.2 Å². The molecule has 1 amide bonds. The van der Waals surface area contributed by atoms with Crippen LogP contribution in [0.1, 0.15) is 46.1 Å². The van der Waals surface area contributed by atoms with E-state index in [2.05, 4.69) is 4.98 Å². The third-order valence-corrected chi connectivity index (χ3v) is 8.51. The summed E-state index contributed by atoms with van der Waals surface area (Å²) in [4.78, 5) is 19.1. The van der Waals surface area contributed by atoms with Gasteiger partial charge in [-0.1, -0.05) is 38.4 Å². The van der Waals surface area contributed by atoms with Crippen LogP contribution in [0.4, 0.5) is 5.82 Å². The normalized spacial score (nSPS) is 16.7. The van der Waals surface area contributed by atoms with E-state index in [1.165, 1.54) is 12.1 Å². The molecule has 0 spiro atoms. The molecular weight excluding hydrogens is 436 g/mol. The van der Waals surface area contributed by atoms with Crippen molar-refractivity contribution in [2.75, 3.05) is 24.7 Å². The van der Waals surface area contributed by atoms with E-state index >= 15 is 0 Å². The number of pyridine rings is 1. The van der Waals surface area contributed by atoms with Gasteiger partial charge in [0.25, 0.3) is 0 Å². The topological polar surface area (TPSA) is 76.6 Å². The summed E-state index contributed by atoms with van der Waals surface area (Å²) in [6.07, 6.45) is 2.25. The second-order valence-electron chi connectivity index (χ2n) is 8.77. The van der Waals surface area contributed by atoms with Crippen molar-refractivity contribution in [2.24, 2.45) is 5.41 Å². The molecule has 1 aromatic heterocycles. The quantitative estimate of drug-likeness (QED) is 0.645. The van der Waals surface area contributed by atoms with Crippen molar-refractivity contribution in [3.05, 3.63) is 53.2 Å². The lowest BCUT2D eigenvalue weighted by atomic mass is 9.91. The molecule has 6 nitrogen and oxygen atoms in total. The van der Waals surface area contributed by atoms with E-state index in [1.54, 1.807) is 35.4 Å². The Morgan fingerprint density at radius 1 is 1.13 bits per heavy atom. The summed E-state index contributed by atoms with van der Waals surface area (Å²) in [5.41, 5.74) is 0.0599. The Morgan fingerprint density at radius 2 is 1.74 bits per heavy atom. The number of amides is 1. The smallest absolute Gasteiger partial charge is 0.233 e. The van der Waals surface area contributed by atoms with Crippen molar-refractivity contribution in [1.82, 2.24) is 4.98 Å². The number of nitrogens with zero attached hydrogens (tertiary/aromatic N) is 2. The molecule has 1 aliphatic rings. The lowest BCUT2D eigenvalue weighted by Gasteiger charge is -2.37. The zero-order chi connectivity index (χ0) is 22.9. The van der Waals surface area contributed by atoms with Gasteiger partial charge in [0, 0.05) is 36.4 Å². The van der Waals surface area contributed by atoms with Gasteiger partial charge >= 0.3 is 0 Å². The van der Waals surface area contributed by atoms with Gasteiger partial charge in [-0.2, -0.15) is 0 Å². The number of ether oxygens (including phenoxy) is 1. The van der Waals surface area contributed by atoms with Crippen molar-refractivity contribution in [3.8, 4) is 0 Å². The molecule has 1 fully saturated rings. The number of hydrogen-bond acceptors (Lipinski definition) is 5. The van der Waals surface area contributed by atoms with Gasteiger partial charge in [0.05, 0.1) is 4.90 Å². The highest BCUT2D eigenvalue weighted by Gasteiger charge is 2.47. The molecule has 168 valence electrons. The molecule has 8 heteroatoms. The Labute approximate surface area is 189 Å². The van der Waals surface area contributed by atoms with Crippen LogP contribution < -0.4 is 4.90 Å². The van der Waals surface area contributed by atoms with Gasteiger partial charge in [-0.05, 0) is 55.7 Å². The maximum Gasteiger partial charge on any atom is 0.233 e. The Bertz CT molecular complexity index is 1020. The number of benzene rings is 1. The highest BCUT2D eigenvalue weighted by molar-refractivity contribution is 7.92.